The number of likely N-dealkylation sites (tertiary alicyclic amines) is 1. The van der Waals surface area contributed by atoms with Crippen LogP contribution in [-0.4, -0.2) is 41.3 Å². The first kappa shape index (κ1) is 9.52. The van der Waals surface area contributed by atoms with Crippen LogP contribution >= 0.6 is 0 Å². The summed E-state index contributed by atoms with van der Waals surface area (Å²) in [6, 6.07) is 0.679. The van der Waals surface area contributed by atoms with Gasteiger partial charge in [-0.3, -0.25) is 5.10 Å². The Bertz CT molecular complexity index is 257. The molecule has 2 heterocycles. The molecule has 4 nitrogen and oxygen atoms in total. The molecule has 1 saturated heterocycles. The fourth-order valence-electron chi connectivity index (χ4n) is 1.99. The topological polar surface area (TPSA) is 44.0 Å². The Hall–Kier alpha value is -1.03. The third kappa shape index (κ3) is 2.26. The van der Waals surface area contributed by atoms with Crippen molar-refractivity contribution < 1.29 is 0 Å². The van der Waals surface area contributed by atoms with E-state index in [2.05, 4.69) is 27.5 Å². The summed E-state index contributed by atoms with van der Waals surface area (Å²) < 4.78 is 0. The van der Waals surface area contributed by atoms with Gasteiger partial charge in [-0.05, 0) is 26.4 Å². The number of rotatable bonds is 3. The van der Waals surface area contributed by atoms with Gasteiger partial charge < -0.3 is 10.2 Å². The summed E-state index contributed by atoms with van der Waals surface area (Å²) in [5.74, 6) is 0. The Labute approximate surface area is 84.7 Å². The van der Waals surface area contributed by atoms with Crippen LogP contribution in [0.3, 0.4) is 0 Å². The highest BCUT2D eigenvalue weighted by molar-refractivity contribution is 5.37. The Balaban J connectivity index is 1.79. The summed E-state index contributed by atoms with van der Waals surface area (Å²) in [7, 11) is 2.21. The third-order valence-electron chi connectivity index (χ3n) is 2.96. The maximum atomic E-state index is 3.90. The summed E-state index contributed by atoms with van der Waals surface area (Å²) in [4.78, 5) is 2.44. The molecule has 0 saturated carbocycles. The van der Waals surface area contributed by atoms with E-state index < -0.39 is 0 Å². The smallest absolute Gasteiger partial charge is 0.0724 e. The van der Waals surface area contributed by atoms with Crippen LogP contribution in [-0.2, 0) is 0 Å². The maximum absolute atomic E-state index is 3.90. The highest BCUT2D eigenvalue weighted by atomic mass is 15.2. The lowest BCUT2D eigenvalue weighted by atomic mass is 10.0. The fourth-order valence-corrected chi connectivity index (χ4v) is 1.99. The molecule has 1 aromatic rings. The lowest BCUT2D eigenvalue weighted by Crippen LogP contribution is -2.40. The largest absolute Gasteiger partial charge is 0.381 e. The van der Waals surface area contributed by atoms with Crippen molar-refractivity contribution in [1.29, 1.82) is 0 Å². The molecule has 0 aliphatic carbocycles. The summed E-state index contributed by atoms with van der Waals surface area (Å²) >= 11 is 0. The number of hydrogen-bond donors (Lipinski definition) is 2. The standard InChI is InChI=1S/C10H18N4/c1-14-5-3-2-4-10(14)8-11-9-6-12-13-7-9/h6-7,10-11H,2-5,8H2,1H3,(H,12,13). The van der Waals surface area contributed by atoms with Crippen molar-refractivity contribution in [1.82, 2.24) is 15.1 Å². The number of nitrogens with one attached hydrogen (secondary N) is 2. The number of H-pyrrole nitrogens is 1. The van der Waals surface area contributed by atoms with Gasteiger partial charge in [-0.15, -0.1) is 0 Å². The van der Waals surface area contributed by atoms with E-state index in [1.165, 1.54) is 25.8 Å². The minimum absolute atomic E-state index is 0.679. The van der Waals surface area contributed by atoms with E-state index in [9.17, 15) is 0 Å². The summed E-state index contributed by atoms with van der Waals surface area (Å²) in [5, 5.41) is 10.1. The fraction of sp³-hybridized carbons (Fsp3) is 0.700. The van der Waals surface area contributed by atoms with Crippen LogP contribution in [0.15, 0.2) is 12.4 Å². The Kier molecular flexibility index (Phi) is 3.03. The zero-order chi connectivity index (χ0) is 9.80. The number of piperidine rings is 1. The average Bonchev–Trinajstić information content (AvgIpc) is 2.69. The second kappa shape index (κ2) is 4.46. The number of hydrogen-bond acceptors (Lipinski definition) is 3. The number of anilines is 1. The van der Waals surface area contributed by atoms with Crippen molar-refractivity contribution >= 4 is 5.69 Å². The summed E-state index contributed by atoms with van der Waals surface area (Å²) in [6.45, 7) is 2.26. The minimum atomic E-state index is 0.679. The van der Waals surface area contributed by atoms with Crippen LogP contribution in [0.2, 0.25) is 0 Å². The third-order valence-corrected chi connectivity index (χ3v) is 2.96. The monoisotopic (exact) mass is 194 g/mol. The number of nitrogens with zero attached hydrogens (tertiary/aromatic N) is 2. The van der Waals surface area contributed by atoms with Gasteiger partial charge in [-0.25, -0.2) is 0 Å². The molecule has 0 radical (unpaired) electrons. The Morgan fingerprint density at radius 2 is 2.57 bits per heavy atom. The zero-order valence-electron chi connectivity index (χ0n) is 8.66. The maximum Gasteiger partial charge on any atom is 0.0724 e. The van der Waals surface area contributed by atoms with Crippen molar-refractivity contribution in [2.45, 2.75) is 25.3 Å². The highest BCUT2D eigenvalue weighted by Gasteiger charge is 2.18. The number of aromatic amines is 1. The highest BCUT2D eigenvalue weighted by Crippen LogP contribution is 2.15. The van der Waals surface area contributed by atoms with Crippen molar-refractivity contribution in [3.05, 3.63) is 12.4 Å². The van der Waals surface area contributed by atoms with Gasteiger partial charge in [0.25, 0.3) is 0 Å². The van der Waals surface area contributed by atoms with E-state index in [0.29, 0.717) is 6.04 Å². The normalized spacial score (nSPS) is 23.6. The second-order valence-electron chi connectivity index (χ2n) is 4.00. The number of aromatic nitrogens is 2. The Morgan fingerprint density at radius 1 is 1.64 bits per heavy atom. The molecule has 4 heteroatoms. The zero-order valence-corrected chi connectivity index (χ0v) is 8.66. The van der Waals surface area contributed by atoms with E-state index in [-0.39, 0.29) is 0 Å². The molecule has 0 spiro atoms. The summed E-state index contributed by atoms with van der Waals surface area (Å²) in [6.07, 6.45) is 7.73. The van der Waals surface area contributed by atoms with Crippen molar-refractivity contribution in [3.8, 4) is 0 Å². The van der Waals surface area contributed by atoms with Crippen molar-refractivity contribution in [2.24, 2.45) is 0 Å². The average molecular weight is 194 g/mol. The molecule has 1 aliphatic rings. The van der Waals surface area contributed by atoms with Crippen LogP contribution in [0.4, 0.5) is 5.69 Å². The molecule has 2 N–H and O–H groups in total. The first-order valence-corrected chi connectivity index (χ1v) is 5.29. The van der Waals surface area contributed by atoms with Crippen molar-refractivity contribution in [2.75, 3.05) is 25.5 Å². The lowest BCUT2D eigenvalue weighted by molar-refractivity contribution is 0.194. The quantitative estimate of drug-likeness (QED) is 0.762. The van der Waals surface area contributed by atoms with Gasteiger partial charge in [0.2, 0.25) is 0 Å². The molecular formula is C10H18N4. The molecule has 14 heavy (non-hydrogen) atoms. The molecule has 0 amide bonds. The molecule has 78 valence electrons. The van der Waals surface area contributed by atoms with Crippen LogP contribution in [0, 0.1) is 0 Å². The van der Waals surface area contributed by atoms with E-state index in [1.54, 1.807) is 0 Å². The predicted molar refractivity (Wildman–Crippen MR) is 57.3 cm³/mol. The van der Waals surface area contributed by atoms with Gasteiger partial charge in [0.15, 0.2) is 0 Å². The lowest BCUT2D eigenvalue weighted by Gasteiger charge is -2.32. The molecule has 0 bridgehead atoms. The molecule has 1 fully saturated rings. The summed E-state index contributed by atoms with van der Waals surface area (Å²) in [5.41, 5.74) is 1.09. The van der Waals surface area contributed by atoms with Crippen LogP contribution in [0.1, 0.15) is 19.3 Å². The van der Waals surface area contributed by atoms with Crippen molar-refractivity contribution in [3.63, 3.8) is 0 Å². The van der Waals surface area contributed by atoms with Gasteiger partial charge in [0, 0.05) is 18.8 Å². The van der Waals surface area contributed by atoms with E-state index in [4.69, 9.17) is 0 Å². The first-order chi connectivity index (χ1) is 6.86. The molecular weight excluding hydrogens is 176 g/mol. The molecule has 1 aromatic heterocycles. The van der Waals surface area contributed by atoms with Gasteiger partial charge in [0.1, 0.15) is 0 Å². The van der Waals surface area contributed by atoms with Crippen LogP contribution < -0.4 is 5.32 Å². The van der Waals surface area contributed by atoms with Gasteiger partial charge in [-0.1, -0.05) is 6.42 Å². The van der Waals surface area contributed by atoms with Crippen LogP contribution in [0.25, 0.3) is 0 Å². The minimum Gasteiger partial charge on any atom is -0.381 e. The SMILES string of the molecule is CN1CCCCC1CNc1cn[nH]c1. The van der Waals surface area contributed by atoms with Crippen LogP contribution in [0.5, 0.6) is 0 Å². The van der Waals surface area contributed by atoms with Gasteiger partial charge >= 0.3 is 0 Å². The van der Waals surface area contributed by atoms with E-state index in [0.717, 1.165) is 12.2 Å². The second-order valence-corrected chi connectivity index (χ2v) is 4.00. The van der Waals surface area contributed by atoms with E-state index >= 15 is 0 Å². The molecule has 1 atom stereocenters. The van der Waals surface area contributed by atoms with Gasteiger partial charge in [-0.2, -0.15) is 5.10 Å². The Morgan fingerprint density at radius 3 is 3.29 bits per heavy atom. The molecule has 1 aliphatic heterocycles. The predicted octanol–water partition coefficient (Wildman–Crippen LogP) is 1.31. The molecule has 1 unspecified atom stereocenters. The first-order valence-electron chi connectivity index (χ1n) is 5.29. The van der Waals surface area contributed by atoms with Gasteiger partial charge in [0.05, 0.1) is 11.9 Å². The van der Waals surface area contributed by atoms with E-state index in [1.807, 2.05) is 12.4 Å². The molecule has 2 rings (SSSR count). The number of likely N-dealkylation sites (N-methyl/N-ethyl adjacent to an activating group) is 1. The molecule has 0 aromatic carbocycles.